The van der Waals surface area contributed by atoms with Crippen LogP contribution in [0, 0.1) is 10.5 Å². The minimum absolute atomic E-state index is 0.178. The molecule has 1 amide bonds. The minimum atomic E-state index is 0.178. The summed E-state index contributed by atoms with van der Waals surface area (Å²) < 4.78 is 1.08. The number of hydrogen-bond acceptors (Lipinski definition) is 1. The fourth-order valence-electron chi connectivity index (χ4n) is 2.03. The second kappa shape index (κ2) is 5.69. The maximum atomic E-state index is 12.4. The van der Waals surface area contributed by atoms with Gasteiger partial charge in [-0.05, 0) is 54.0 Å². The van der Waals surface area contributed by atoms with Crippen LogP contribution in [0.1, 0.15) is 28.8 Å². The second-order valence-corrected chi connectivity index (χ2v) is 6.78. The summed E-state index contributed by atoms with van der Waals surface area (Å²) in [6.45, 7) is 3.76. The van der Waals surface area contributed by atoms with Gasteiger partial charge in [-0.15, -0.1) is 0 Å². The monoisotopic (exact) mass is 407 g/mol. The molecule has 0 saturated carbocycles. The largest absolute Gasteiger partial charge is 0.339 e. The third-order valence-electron chi connectivity index (χ3n) is 3.13. The zero-order valence-corrected chi connectivity index (χ0v) is 13.5. The Kier molecular flexibility index (Phi) is 4.47. The molecule has 1 saturated heterocycles. The number of hydrogen-bond donors (Lipinski definition) is 0. The highest BCUT2D eigenvalue weighted by Crippen LogP contribution is 2.22. The van der Waals surface area contributed by atoms with Crippen LogP contribution in [0.15, 0.2) is 18.2 Å². The van der Waals surface area contributed by atoms with Gasteiger partial charge in [-0.2, -0.15) is 0 Å². The molecule has 1 fully saturated rings. The van der Waals surface area contributed by atoms with Crippen molar-refractivity contribution in [2.24, 2.45) is 0 Å². The molecule has 1 aliphatic heterocycles. The van der Waals surface area contributed by atoms with E-state index in [1.807, 2.05) is 30.0 Å². The molecule has 1 heterocycles. The van der Waals surface area contributed by atoms with Gasteiger partial charge in [0.25, 0.3) is 5.91 Å². The van der Waals surface area contributed by atoms with E-state index in [9.17, 15) is 4.79 Å². The quantitative estimate of drug-likeness (QED) is 0.514. The number of nitrogens with zero attached hydrogens (tertiary/aromatic N) is 1. The predicted octanol–water partition coefficient (Wildman–Crippen LogP) is 3.60. The summed E-state index contributed by atoms with van der Waals surface area (Å²) in [6.07, 6.45) is 2.10. The number of likely N-dealkylation sites (tertiary alicyclic amines) is 1. The Hall–Kier alpha value is -0.100. The highest BCUT2D eigenvalue weighted by atomic mass is 127. The van der Waals surface area contributed by atoms with Crippen molar-refractivity contribution in [1.82, 2.24) is 4.90 Å². The number of amides is 1. The lowest BCUT2D eigenvalue weighted by Gasteiger charge is -2.30. The number of piperidine rings is 1. The predicted molar refractivity (Wildman–Crippen MR) is 81.7 cm³/mol. The van der Waals surface area contributed by atoms with Gasteiger partial charge in [0.2, 0.25) is 0 Å². The number of benzene rings is 1. The topological polar surface area (TPSA) is 20.3 Å². The van der Waals surface area contributed by atoms with Crippen molar-refractivity contribution < 1.29 is 4.79 Å². The van der Waals surface area contributed by atoms with E-state index < -0.39 is 0 Å². The van der Waals surface area contributed by atoms with E-state index in [0.29, 0.717) is 4.83 Å². The third-order valence-corrected chi connectivity index (χ3v) is 5.48. The average molecular weight is 408 g/mol. The molecule has 4 heteroatoms. The van der Waals surface area contributed by atoms with Crippen LogP contribution in [0.3, 0.4) is 0 Å². The first-order valence-corrected chi connectivity index (χ1v) is 7.77. The van der Waals surface area contributed by atoms with E-state index >= 15 is 0 Å². The van der Waals surface area contributed by atoms with Crippen LogP contribution in [0.5, 0.6) is 0 Å². The van der Waals surface area contributed by atoms with Crippen LogP contribution < -0.4 is 0 Å². The summed E-state index contributed by atoms with van der Waals surface area (Å²) >= 11 is 5.87. The first-order valence-electron chi connectivity index (χ1n) is 5.78. The van der Waals surface area contributed by atoms with Crippen LogP contribution >= 0.6 is 38.5 Å². The Bertz CT molecular complexity index is 427. The lowest BCUT2D eigenvalue weighted by molar-refractivity contribution is 0.0727. The molecule has 0 spiro atoms. The van der Waals surface area contributed by atoms with Gasteiger partial charge in [0.05, 0.1) is 5.56 Å². The van der Waals surface area contributed by atoms with Gasteiger partial charge in [0, 0.05) is 21.5 Å². The second-order valence-electron chi connectivity index (χ2n) is 4.40. The fourth-order valence-corrected chi connectivity index (χ4v) is 3.03. The van der Waals surface area contributed by atoms with Crippen LogP contribution in [0.2, 0.25) is 0 Å². The average Bonchev–Trinajstić information content (AvgIpc) is 2.33. The van der Waals surface area contributed by atoms with Gasteiger partial charge in [-0.25, -0.2) is 0 Å². The summed E-state index contributed by atoms with van der Waals surface area (Å²) in [7, 11) is 0. The number of rotatable bonds is 1. The Labute approximate surface area is 124 Å². The van der Waals surface area contributed by atoms with Crippen molar-refractivity contribution in [2.75, 3.05) is 13.1 Å². The summed E-state index contributed by atoms with van der Waals surface area (Å²) in [5.74, 6) is 0.178. The molecular formula is C13H15BrINO. The Balaban J connectivity index is 2.17. The standard InChI is InChI=1S/C13H15BrINO/c1-9-3-2-4-11(12(9)15)13(17)16-7-5-10(14)6-8-16/h2-4,10H,5-8H2,1H3. The zero-order chi connectivity index (χ0) is 12.4. The van der Waals surface area contributed by atoms with Crippen molar-refractivity contribution in [2.45, 2.75) is 24.6 Å². The molecule has 92 valence electrons. The van der Waals surface area contributed by atoms with Crippen LogP contribution in [0.4, 0.5) is 0 Å². The van der Waals surface area contributed by atoms with E-state index in [0.717, 1.165) is 35.1 Å². The Morgan fingerprint density at radius 2 is 2.06 bits per heavy atom. The molecule has 0 radical (unpaired) electrons. The number of aryl methyl sites for hydroxylation is 1. The Morgan fingerprint density at radius 1 is 1.41 bits per heavy atom. The molecule has 0 bridgehead atoms. The summed E-state index contributed by atoms with van der Waals surface area (Å²) in [4.78, 5) is 14.9. The van der Waals surface area contributed by atoms with Gasteiger partial charge in [-0.3, -0.25) is 4.79 Å². The first kappa shape index (κ1) is 13.3. The SMILES string of the molecule is Cc1cccc(C(=O)N2CCC(Br)CC2)c1I. The molecule has 0 aliphatic carbocycles. The summed E-state index contributed by atoms with van der Waals surface area (Å²) in [5.41, 5.74) is 2.02. The van der Waals surface area contributed by atoms with E-state index in [1.165, 1.54) is 5.56 Å². The summed E-state index contributed by atoms with van der Waals surface area (Å²) in [6, 6.07) is 5.93. The highest BCUT2D eigenvalue weighted by molar-refractivity contribution is 14.1. The van der Waals surface area contributed by atoms with Crippen molar-refractivity contribution in [1.29, 1.82) is 0 Å². The van der Waals surface area contributed by atoms with Crippen LogP contribution in [-0.2, 0) is 0 Å². The van der Waals surface area contributed by atoms with Crippen molar-refractivity contribution >= 4 is 44.4 Å². The molecule has 1 aromatic rings. The lowest BCUT2D eigenvalue weighted by atomic mass is 10.1. The molecule has 0 atom stereocenters. The van der Waals surface area contributed by atoms with E-state index in [2.05, 4.69) is 38.5 Å². The van der Waals surface area contributed by atoms with Gasteiger partial charge >= 0.3 is 0 Å². The van der Waals surface area contributed by atoms with E-state index in [4.69, 9.17) is 0 Å². The number of halogens is 2. The van der Waals surface area contributed by atoms with Gasteiger partial charge in [-0.1, -0.05) is 28.1 Å². The molecule has 17 heavy (non-hydrogen) atoms. The molecule has 0 N–H and O–H groups in total. The summed E-state index contributed by atoms with van der Waals surface area (Å²) in [5, 5.41) is 0. The smallest absolute Gasteiger partial charge is 0.254 e. The molecule has 0 unspecified atom stereocenters. The maximum absolute atomic E-state index is 12.4. The van der Waals surface area contributed by atoms with Crippen molar-refractivity contribution in [3.63, 3.8) is 0 Å². The van der Waals surface area contributed by atoms with E-state index in [-0.39, 0.29) is 5.91 Å². The molecule has 1 aromatic carbocycles. The highest BCUT2D eigenvalue weighted by Gasteiger charge is 2.23. The minimum Gasteiger partial charge on any atom is -0.339 e. The van der Waals surface area contributed by atoms with Crippen LogP contribution in [0.25, 0.3) is 0 Å². The molecule has 1 aliphatic rings. The first-order chi connectivity index (χ1) is 8.09. The van der Waals surface area contributed by atoms with Gasteiger partial charge in [0.15, 0.2) is 0 Å². The zero-order valence-electron chi connectivity index (χ0n) is 9.75. The van der Waals surface area contributed by atoms with Crippen LogP contribution in [-0.4, -0.2) is 28.7 Å². The number of carbonyl (C=O) groups is 1. The lowest BCUT2D eigenvalue weighted by Crippen LogP contribution is -2.39. The van der Waals surface area contributed by atoms with Crippen molar-refractivity contribution in [3.05, 3.63) is 32.9 Å². The van der Waals surface area contributed by atoms with Gasteiger partial charge in [0.1, 0.15) is 0 Å². The molecular weight excluding hydrogens is 393 g/mol. The van der Waals surface area contributed by atoms with Gasteiger partial charge < -0.3 is 4.90 Å². The molecule has 2 nitrogen and oxygen atoms in total. The fraction of sp³-hybridized carbons (Fsp3) is 0.462. The number of carbonyl (C=O) groups excluding carboxylic acids is 1. The Morgan fingerprint density at radius 3 is 2.71 bits per heavy atom. The number of alkyl halides is 1. The van der Waals surface area contributed by atoms with E-state index in [1.54, 1.807) is 0 Å². The third kappa shape index (κ3) is 3.02. The maximum Gasteiger partial charge on any atom is 0.254 e. The normalized spacial score (nSPS) is 17.2. The molecule has 0 aromatic heterocycles. The van der Waals surface area contributed by atoms with Crippen molar-refractivity contribution in [3.8, 4) is 0 Å². The molecule has 2 rings (SSSR count).